The molecule has 0 amide bonds. The van der Waals surface area contributed by atoms with Crippen molar-refractivity contribution in [2.75, 3.05) is 40.1 Å². The van der Waals surface area contributed by atoms with Crippen LogP contribution in [0.1, 0.15) is 24.5 Å². The molecule has 0 aliphatic heterocycles. The van der Waals surface area contributed by atoms with Gasteiger partial charge in [-0.05, 0) is 62.3 Å². The van der Waals surface area contributed by atoms with E-state index in [4.69, 9.17) is 9.47 Å². The number of hydrogen-bond acceptors (Lipinski definition) is 6. The zero-order valence-electron chi connectivity index (χ0n) is 18.9. The molecule has 0 bridgehead atoms. The number of benzene rings is 2. The van der Waals surface area contributed by atoms with Gasteiger partial charge in [0.25, 0.3) is 0 Å². The van der Waals surface area contributed by atoms with Gasteiger partial charge in [0.2, 0.25) is 10.0 Å². The molecule has 7 nitrogen and oxygen atoms in total. The average Bonchev–Trinajstić information content (AvgIpc) is 2.78. The smallest absolute Gasteiger partial charge is 0.215 e. The van der Waals surface area contributed by atoms with Gasteiger partial charge >= 0.3 is 0 Å². The maximum Gasteiger partial charge on any atom is 0.215 e. The van der Waals surface area contributed by atoms with Crippen LogP contribution in [0.25, 0.3) is 0 Å². The lowest BCUT2D eigenvalue weighted by molar-refractivity contribution is 0.396. The van der Waals surface area contributed by atoms with Gasteiger partial charge in [-0.25, -0.2) is 8.42 Å². The second-order valence-corrected chi connectivity index (χ2v) is 9.62. The maximum atomic E-state index is 13.2. The third-order valence-corrected chi connectivity index (χ3v) is 6.87. The van der Waals surface area contributed by atoms with Gasteiger partial charge in [-0.2, -0.15) is 4.31 Å². The summed E-state index contributed by atoms with van der Waals surface area (Å²) in [5.41, 5.74) is 1.82. The highest BCUT2D eigenvalue weighted by Crippen LogP contribution is 2.19. The van der Waals surface area contributed by atoms with E-state index in [-0.39, 0.29) is 11.8 Å². The van der Waals surface area contributed by atoms with Gasteiger partial charge in [0.1, 0.15) is 11.5 Å². The molecule has 0 saturated heterocycles. The molecule has 2 aromatic rings. The minimum atomic E-state index is -3.47. The summed E-state index contributed by atoms with van der Waals surface area (Å²) >= 11 is 0. The van der Waals surface area contributed by atoms with E-state index in [1.54, 1.807) is 14.2 Å². The first-order chi connectivity index (χ1) is 14.9. The van der Waals surface area contributed by atoms with Crippen molar-refractivity contribution in [3.8, 4) is 11.5 Å². The van der Waals surface area contributed by atoms with E-state index in [0.29, 0.717) is 19.6 Å². The Kier molecular flexibility index (Phi) is 10.3. The van der Waals surface area contributed by atoms with E-state index in [9.17, 15) is 8.42 Å². The first kappa shape index (κ1) is 25.1. The molecule has 1 unspecified atom stereocenters. The lowest BCUT2D eigenvalue weighted by Crippen LogP contribution is -2.38. The van der Waals surface area contributed by atoms with E-state index in [0.717, 1.165) is 35.6 Å². The molecule has 2 aromatic carbocycles. The van der Waals surface area contributed by atoms with Crippen LogP contribution in [-0.4, -0.2) is 58.9 Å². The molecule has 0 spiro atoms. The molecule has 0 saturated carbocycles. The summed E-state index contributed by atoms with van der Waals surface area (Å²) in [6.45, 7) is 3.97. The van der Waals surface area contributed by atoms with E-state index in [1.165, 1.54) is 4.31 Å². The zero-order valence-corrected chi connectivity index (χ0v) is 19.7. The Morgan fingerprint density at radius 1 is 0.871 bits per heavy atom. The van der Waals surface area contributed by atoms with Crippen molar-refractivity contribution >= 4 is 10.0 Å². The standard InChI is InChI=1S/C23H35N3O4S/c1-19(13-14-24-2)25-15-16-31(27,28)26(17-20-5-9-22(29-3)10-6-20)18-21-7-11-23(30-4)12-8-21/h5-12,19,24-25H,13-18H2,1-4H3. The Hall–Kier alpha value is -2.13. The SMILES string of the molecule is CNCCC(C)NCCS(=O)(=O)N(Cc1ccc(OC)cc1)Cc1ccc(OC)cc1. The van der Waals surface area contributed by atoms with Crippen molar-refractivity contribution in [2.45, 2.75) is 32.5 Å². The maximum absolute atomic E-state index is 13.2. The molecular weight excluding hydrogens is 414 g/mol. The second kappa shape index (κ2) is 12.7. The topological polar surface area (TPSA) is 79.9 Å². The van der Waals surface area contributed by atoms with E-state index in [1.807, 2.05) is 55.6 Å². The lowest BCUT2D eigenvalue weighted by Gasteiger charge is -2.23. The Bertz CT molecular complexity index is 821. The van der Waals surface area contributed by atoms with Crippen molar-refractivity contribution < 1.29 is 17.9 Å². The van der Waals surface area contributed by atoms with Crippen molar-refractivity contribution in [3.05, 3.63) is 59.7 Å². The fraction of sp³-hybridized carbons (Fsp3) is 0.478. The van der Waals surface area contributed by atoms with Gasteiger partial charge in [-0.15, -0.1) is 0 Å². The average molecular weight is 450 g/mol. The van der Waals surface area contributed by atoms with Gasteiger partial charge in [0.15, 0.2) is 0 Å². The van der Waals surface area contributed by atoms with Crippen LogP contribution in [0, 0.1) is 0 Å². The third kappa shape index (κ3) is 8.49. The van der Waals surface area contributed by atoms with Gasteiger partial charge < -0.3 is 20.1 Å². The Morgan fingerprint density at radius 3 is 1.77 bits per heavy atom. The van der Waals surface area contributed by atoms with Gasteiger partial charge in [-0.3, -0.25) is 0 Å². The van der Waals surface area contributed by atoms with Crippen molar-refractivity contribution in [2.24, 2.45) is 0 Å². The van der Waals surface area contributed by atoms with Gasteiger partial charge in [0.05, 0.1) is 20.0 Å². The molecule has 0 fully saturated rings. The Morgan fingerprint density at radius 2 is 1.35 bits per heavy atom. The summed E-state index contributed by atoms with van der Waals surface area (Å²) in [5, 5.41) is 6.42. The molecule has 2 rings (SSSR count). The summed E-state index contributed by atoms with van der Waals surface area (Å²) in [5.74, 6) is 1.53. The summed E-state index contributed by atoms with van der Waals surface area (Å²) in [4.78, 5) is 0. The molecule has 0 radical (unpaired) electrons. The highest BCUT2D eigenvalue weighted by atomic mass is 32.2. The van der Waals surface area contributed by atoms with Gasteiger partial charge in [-0.1, -0.05) is 24.3 Å². The minimum Gasteiger partial charge on any atom is -0.497 e. The molecule has 172 valence electrons. The molecule has 0 aromatic heterocycles. The highest BCUT2D eigenvalue weighted by Gasteiger charge is 2.23. The number of nitrogens with zero attached hydrogens (tertiary/aromatic N) is 1. The summed E-state index contributed by atoms with van der Waals surface area (Å²) in [6.07, 6.45) is 0.942. The first-order valence-electron chi connectivity index (χ1n) is 10.5. The molecular formula is C23H35N3O4S. The van der Waals surface area contributed by atoms with Crippen LogP contribution < -0.4 is 20.1 Å². The molecule has 1 atom stereocenters. The molecule has 0 heterocycles. The summed E-state index contributed by atoms with van der Waals surface area (Å²) < 4.78 is 38.4. The fourth-order valence-corrected chi connectivity index (χ4v) is 4.47. The number of ether oxygens (including phenoxy) is 2. The van der Waals surface area contributed by atoms with Crippen LogP contribution in [0.5, 0.6) is 11.5 Å². The molecule has 31 heavy (non-hydrogen) atoms. The van der Waals surface area contributed by atoms with Crippen LogP contribution in [0.15, 0.2) is 48.5 Å². The van der Waals surface area contributed by atoms with Crippen molar-refractivity contribution in [1.82, 2.24) is 14.9 Å². The van der Waals surface area contributed by atoms with Crippen molar-refractivity contribution in [3.63, 3.8) is 0 Å². The van der Waals surface area contributed by atoms with Crippen molar-refractivity contribution in [1.29, 1.82) is 0 Å². The normalized spacial score (nSPS) is 12.7. The number of rotatable bonds is 14. The number of sulfonamides is 1. The van der Waals surface area contributed by atoms with Crippen LogP contribution in [0.4, 0.5) is 0 Å². The monoisotopic (exact) mass is 449 g/mol. The predicted molar refractivity (Wildman–Crippen MR) is 125 cm³/mol. The number of hydrogen-bond donors (Lipinski definition) is 2. The Balaban J connectivity index is 2.11. The van der Waals surface area contributed by atoms with Crippen LogP contribution in [0.3, 0.4) is 0 Å². The number of methoxy groups -OCH3 is 2. The van der Waals surface area contributed by atoms with E-state index in [2.05, 4.69) is 17.6 Å². The van der Waals surface area contributed by atoms with Gasteiger partial charge in [0, 0.05) is 25.7 Å². The van der Waals surface area contributed by atoms with Crippen LogP contribution in [0.2, 0.25) is 0 Å². The fourth-order valence-electron chi connectivity index (χ4n) is 3.15. The van der Waals surface area contributed by atoms with E-state index < -0.39 is 10.0 Å². The molecule has 0 aliphatic carbocycles. The first-order valence-corrected chi connectivity index (χ1v) is 12.1. The number of nitrogens with one attached hydrogen (secondary N) is 2. The molecule has 8 heteroatoms. The Labute approximate surface area is 186 Å². The largest absolute Gasteiger partial charge is 0.497 e. The zero-order chi connectivity index (χ0) is 22.7. The second-order valence-electron chi connectivity index (χ2n) is 7.53. The summed E-state index contributed by atoms with van der Waals surface area (Å²) in [6, 6.07) is 15.2. The minimum absolute atomic E-state index is 0.0448. The lowest BCUT2D eigenvalue weighted by atomic mass is 10.2. The quantitative estimate of drug-likeness (QED) is 0.462. The molecule has 2 N–H and O–H groups in total. The summed E-state index contributed by atoms with van der Waals surface area (Å²) in [7, 11) is 1.66. The van der Waals surface area contributed by atoms with Crippen LogP contribution >= 0.6 is 0 Å². The van der Waals surface area contributed by atoms with E-state index >= 15 is 0 Å². The molecule has 0 aliphatic rings. The third-order valence-electron chi connectivity index (χ3n) is 5.11. The van der Waals surface area contributed by atoms with Crippen LogP contribution in [-0.2, 0) is 23.1 Å². The predicted octanol–water partition coefficient (Wildman–Crippen LogP) is 2.62. The highest BCUT2D eigenvalue weighted by molar-refractivity contribution is 7.89.